The Bertz CT molecular complexity index is 918. The van der Waals surface area contributed by atoms with Crippen LogP contribution < -0.4 is 0 Å². The number of benzene rings is 2. The van der Waals surface area contributed by atoms with Crippen LogP contribution in [0.5, 0.6) is 0 Å². The van der Waals surface area contributed by atoms with Crippen molar-refractivity contribution in [2.24, 2.45) is 10.8 Å². The molecule has 2 aromatic rings. The predicted molar refractivity (Wildman–Crippen MR) is 120 cm³/mol. The van der Waals surface area contributed by atoms with Gasteiger partial charge in [-0.05, 0) is 31.4 Å². The third kappa shape index (κ3) is 2.30. The average Bonchev–Trinajstić information content (AvgIpc) is 3.33. The van der Waals surface area contributed by atoms with Crippen LogP contribution in [0.15, 0.2) is 108 Å². The summed E-state index contributed by atoms with van der Waals surface area (Å²) >= 11 is 0. The topological polar surface area (TPSA) is 0 Å². The lowest BCUT2D eigenvalue weighted by Gasteiger charge is -2.57. The fourth-order valence-electron chi connectivity index (χ4n) is 5.78. The van der Waals surface area contributed by atoms with Crippen LogP contribution in [0.4, 0.5) is 0 Å². The van der Waals surface area contributed by atoms with Crippen molar-refractivity contribution in [3.05, 3.63) is 119 Å². The van der Waals surface area contributed by atoms with Crippen molar-refractivity contribution in [3.63, 3.8) is 0 Å². The second-order valence-electron chi connectivity index (χ2n) is 8.44. The second-order valence-corrected chi connectivity index (χ2v) is 8.44. The minimum Gasteiger partial charge on any atom is -0.0733 e. The van der Waals surface area contributed by atoms with Crippen molar-refractivity contribution in [1.82, 2.24) is 0 Å². The van der Waals surface area contributed by atoms with Gasteiger partial charge in [-0.2, -0.15) is 0 Å². The summed E-state index contributed by atoms with van der Waals surface area (Å²) in [5.41, 5.74) is 5.13. The Labute approximate surface area is 170 Å². The van der Waals surface area contributed by atoms with Crippen molar-refractivity contribution in [2.75, 3.05) is 0 Å². The average molecular weight is 367 g/mol. The normalized spacial score (nSPS) is 23.0. The molecule has 0 heteroatoms. The first-order chi connectivity index (χ1) is 13.5. The monoisotopic (exact) mass is 366 g/mol. The molecule has 28 heavy (non-hydrogen) atoms. The van der Waals surface area contributed by atoms with Gasteiger partial charge < -0.3 is 0 Å². The van der Waals surface area contributed by atoms with Gasteiger partial charge in [0.2, 0.25) is 0 Å². The maximum absolute atomic E-state index is 2.45. The van der Waals surface area contributed by atoms with Crippen molar-refractivity contribution < 1.29 is 0 Å². The summed E-state index contributed by atoms with van der Waals surface area (Å²) in [7, 11) is 0. The summed E-state index contributed by atoms with van der Waals surface area (Å²) in [6.45, 7) is 9.33. The van der Waals surface area contributed by atoms with E-state index < -0.39 is 0 Å². The van der Waals surface area contributed by atoms with E-state index >= 15 is 0 Å². The molecule has 0 aromatic heterocycles. The molecule has 0 spiro atoms. The van der Waals surface area contributed by atoms with Crippen molar-refractivity contribution >= 4 is 0 Å². The van der Waals surface area contributed by atoms with Crippen LogP contribution in [-0.4, -0.2) is 0 Å². The van der Waals surface area contributed by atoms with Gasteiger partial charge in [0.1, 0.15) is 0 Å². The zero-order valence-electron chi connectivity index (χ0n) is 17.4. The van der Waals surface area contributed by atoms with Crippen LogP contribution in [0, 0.1) is 10.8 Å². The SMILES string of the molecule is CCC1(C(c2ccccc2)(c2ccccc2)C2(C)C=CC(C)=C2C)C=CC=C1. The maximum Gasteiger partial charge on any atom is 0.0453 e. The molecule has 1 atom stereocenters. The molecule has 0 fully saturated rings. The predicted octanol–water partition coefficient (Wildman–Crippen LogP) is 7.41. The first-order valence-electron chi connectivity index (χ1n) is 10.4. The summed E-state index contributed by atoms with van der Waals surface area (Å²) in [6, 6.07) is 22.3. The first-order valence-corrected chi connectivity index (χ1v) is 10.4. The third-order valence-corrected chi connectivity index (χ3v) is 7.41. The molecule has 2 aliphatic carbocycles. The first kappa shape index (κ1) is 18.7. The Hall–Kier alpha value is -2.60. The number of allylic oxidation sites excluding steroid dienone is 8. The van der Waals surface area contributed by atoms with E-state index in [1.54, 1.807) is 0 Å². The molecule has 142 valence electrons. The Morgan fingerprint density at radius 1 is 0.750 bits per heavy atom. The highest BCUT2D eigenvalue weighted by Gasteiger charge is 2.61. The summed E-state index contributed by atoms with van der Waals surface area (Å²) in [5.74, 6) is 0. The fourth-order valence-corrected chi connectivity index (χ4v) is 5.78. The molecule has 4 rings (SSSR count). The van der Waals surface area contributed by atoms with Crippen LogP contribution in [0.3, 0.4) is 0 Å². The molecular weight excluding hydrogens is 336 g/mol. The molecule has 2 aromatic carbocycles. The van der Waals surface area contributed by atoms with Crippen molar-refractivity contribution in [2.45, 2.75) is 39.5 Å². The smallest absolute Gasteiger partial charge is 0.0453 e. The molecule has 0 saturated carbocycles. The molecule has 2 aliphatic rings. The number of rotatable bonds is 5. The molecule has 0 saturated heterocycles. The second kappa shape index (κ2) is 6.78. The van der Waals surface area contributed by atoms with E-state index in [2.05, 4.69) is 125 Å². The molecule has 0 radical (unpaired) electrons. The van der Waals surface area contributed by atoms with Crippen LogP contribution in [0.1, 0.15) is 45.2 Å². The van der Waals surface area contributed by atoms with E-state index in [-0.39, 0.29) is 16.2 Å². The van der Waals surface area contributed by atoms with Crippen molar-refractivity contribution in [1.29, 1.82) is 0 Å². The summed E-state index contributed by atoms with van der Waals surface area (Å²) < 4.78 is 0. The minimum atomic E-state index is -0.237. The van der Waals surface area contributed by atoms with Gasteiger partial charge >= 0.3 is 0 Å². The van der Waals surface area contributed by atoms with E-state index in [0.29, 0.717) is 0 Å². The lowest BCUT2D eigenvalue weighted by molar-refractivity contribution is 0.160. The highest BCUT2D eigenvalue weighted by molar-refractivity contribution is 5.58. The standard InChI is InChI=1S/C28H30/c1-5-27(19-12-13-20-27)28(24-14-8-6-9-15-24,25-16-10-7-11-17-25)26(4)21-18-22(2)23(26)3/h6-21H,5H2,1-4H3. The lowest BCUT2D eigenvalue weighted by Crippen LogP contribution is -2.54. The summed E-state index contributed by atoms with van der Waals surface area (Å²) in [6.07, 6.45) is 15.2. The fraction of sp³-hybridized carbons (Fsp3) is 0.286. The van der Waals surface area contributed by atoms with E-state index in [1.807, 2.05) is 0 Å². The van der Waals surface area contributed by atoms with Crippen molar-refractivity contribution in [3.8, 4) is 0 Å². The molecule has 0 N–H and O–H groups in total. The minimum absolute atomic E-state index is 0.0966. The van der Waals surface area contributed by atoms with Crippen LogP contribution >= 0.6 is 0 Å². The Morgan fingerprint density at radius 2 is 1.25 bits per heavy atom. The van der Waals surface area contributed by atoms with Crippen LogP contribution in [0.25, 0.3) is 0 Å². The van der Waals surface area contributed by atoms with Crippen LogP contribution in [0.2, 0.25) is 0 Å². The number of hydrogen-bond acceptors (Lipinski definition) is 0. The largest absolute Gasteiger partial charge is 0.0733 e. The Morgan fingerprint density at radius 3 is 1.64 bits per heavy atom. The zero-order valence-corrected chi connectivity index (χ0v) is 17.4. The Kier molecular flexibility index (Phi) is 4.54. The number of hydrogen-bond donors (Lipinski definition) is 0. The highest BCUT2D eigenvalue weighted by atomic mass is 14.6. The lowest BCUT2D eigenvalue weighted by atomic mass is 9.44. The van der Waals surface area contributed by atoms with Gasteiger partial charge in [-0.3, -0.25) is 0 Å². The van der Waals surface area contributed by atoms with E-state index in [4.69, 9.17) is 0 Å². The van der Waals surface area contributed by atoms with Crippen LogP contribution in [-0.2, 0) is 5.41 Å². The maximum atomic E-state index is 2.45. The summed E-state index contributed by atoms with van der Waals surface area (Å²) in [4.78, 5) is 0. The summed E-state index contributed by atoms with van der Waals surface area (Å²) in [5, 5.41) is 0. The van der Waals surface area contributed by atoms with Gasteiger partial charge in [-0.1, -0.05) is 122 Å². The van der Waals surface area contributed by atoms with Gasteiger partial charge in [-0.25, -0.2) is 0 Å². The van der Waals surface area contributed by atoms with Gasteiger partial charge in [0.15, 0.2) is 0 Å². The quantitative estimate of drug-likeness (QED) is 0.517. The van der Waals surface area contributed by atoms with Gasteiger partial charge in [-0.15, -0.1) is 0 Å². The van der Waals surface area contributed by atoms with Gasteiger partial charge in [0, 0.05) is 16.2 Å². The zero-order chi connectivity index (χ0) is 19.8. The van der Waals surface area contributed by atoms with E-state index in [9.17, 15) is 0 Å². The molecule has 0 amide bonds. The third-order valence-electron chi connectivity index (χ3n) is 7.41. The molecule has 1 unspecified atom stereocenters. The van der Waals surface area contributed by atoms with E-state index in [0.717, 1.165) is 6.42 Å². The highest BCUT2D eigenvalue weighted by Crippen LogP contribution is 2.65. The molecule has 0 heterocycles. The molecule has 0 aliphatic heterocycles. The molecule has 0 bridgehead atoms. The van der Waals surface area contributed by atoms with Gasteiger partial charge in [0.05, 0.1) is 0 Å². The molecular formula is C28H30. The van der Waals surface area contributed by atoms with Gasteiger partial charge in [0.25, 0.3) is 0 Å². The molecule has 0 nitrogen and oxygen atoms in total. The Balaban J connectivity index is 2.19. The van der Waals surface area contributed by atoms with E-state index in [1.165, 1.54) is 22.3 Å².